The second kappa shape index (κ2) is 10.7. The minimum Gasteiger partial charge on any atom is -0.0654 e. The maximum Gasteiger partial charge on any atom is -0.0354 e. The van der Waals surface area contributed by atoms with E-state index < -0.39 is 0 Å². The molecule has 0 heterocycles. The zero-order valence-electron chi connectivity index (χ0n) is 14.7. The Morgan fingerprint density at radius 1 is 0.684 bits per heavy atom. The summed E-state index contributed by atoms with van der Waals surface area (Å²) in [5, 5.41) is 0. The SMILES string of the molecule is CCCCC(CCC)C(CCCC)CC(C)(C)CC. The molecular weight excluding hydrogens is 228 g/mol. The largest absolute Gasteiger partial charge is 0.0654 e. The third-order valence-corrected chi connectivity index (χ3v) is 4.95. The topological polar surface area (TPSA) is 0 Å². The zero-order valence-corrected chi connectivity index (χ0v) is 14.7. The van der Waals surface area contributed by atoms with Crippen LogP contribution in [0.1, 0.15) is 106 Å². The minimum absolute atomic E-state index is 0.538. The maximum absolute atomic E-state index is 2.47. The van der Waals surface area contributed by atoms with E-state index in [4.69, 9.17) is 0 Å². The highest BCUT2D eigenvalue weighted by Crippen LogP contribution is 2.38. The molecule has 0 saturated carbocycles. The van der Waals surface area contributed by atoms with Gasteiger partial charge in [-0.25, -0.2) is 0 Å². The Bertz CT molecular complexity index is 192. The third kappa shape index (κ3) is 8.71. The van der Waals surface area contributed by atoms with Gasteiger partial charge in [0.05, 0.1) is 0 Å². The van der Waals surface area contributed by atoms with Gasteiger partial charge in [-0.1, -0.05) is 99.3 Å². The van der Waals surface area contributed by atoms with E-state index >= 15 is 0 Å². The lowest BCUT2D eigenvalue weighted by Gasteiger charge is -2.34. The second-order valence-corrected chi connectivity index (χ2v) is 7.32. The molecule has 0 aromatic rings. The highest BCUT2D eigenvalue weighted by atomic mass is 14.3. The van der Waals surface area contributed by atoms with E-state index in [1.165, 1.54) is 64.2 Å². The van der Waals surface area contributed by atoms with Gasteiger partial charge in [0, 0.05) is 0 Å². The molecule has 0 aliphatic heterocycles. The molecule has 0 amide bonds. The summed E-state index contributed by atoms with van der Waals surface area (Å²) in [4.78, 5) is 0. The highest BCUT2D eigenvalue weighted by Gasteiger charge is 2.26. The van der Waals surface area contributed by atoms with Gasteiger partial charge < -0.3 is 0 Å². The molecule has 0 aromatic heterocycles. The van der Waals surface area contributed by atoms with E-state index in [2.05, 4.69) is 41.5 Å². The Hall–Kier alpha value is 0. The summed E-state index contributed by atoms with van der Waals surface area (Å²) in [6.07, 6.45) is 14.1. The van der Waals surface area contributed by atoms with E-state index in [1.807, 2.05) is 0 Å². The molecule has 0 aliphatic carbocycles. The molecule has 0 radical (unpaired) electrons. The fourth-order valence-electron chi connectivity index (χ4n) is 3.28. The molecule has 2 unspecified atom stereocenters. The molecule has 19 heavy (non-hydrogen) atoms. The van der Waals surface area contributed by atoms with Crippen molar-refractivity contribution in [1.29, 1.82) is 0 Å². The Labute approximate surface area is 123 Å². The normalized spacial score (nSPS) is 15.5. The fraction of sp³-hybridized carbons (Fsp3) is 1.00. The predicted octanol–water partition coefficient (Wildman–Crippen LogP) is 7.23. The minimum atomic E-state index is 0.538. The predicted molar refractivity (Wildman–Crippen MR) is 89.6 cm³/mol. The molecule has 0 aromatic carbocycles. The fourth-order valence-corrected chi connectivity index (χ4v) is 3.28. The van der Waals surface area contributed by atoms with Crippen LogP contribution in [0.4, 0.5) is 0 Å². The van der Waals surface area contributed by atoms with Crippen molar-refractivity contribution in [1.82, 2.24) is 0 Å². The Morgan fingerprint density at radius 2 is 1.21 bits per heavy atom. The first kappa shape index (κ1) is 19.0. The Kier molecular flexibility index (Phi) is 10.7. The van der Waals surface area contributed by atoms with Gasteiger partial charge >= 0.3 is 0 Å². The van der Waals surface area contributed by atoms with Crippen LogP contribution in [-0.4, -0.2) is 0 Å². The van der Waals surface area contributed by atoms with Crippen molar-refractivity contribution in [3.63, 3.8) is 0 Å². The highest BCUT2D eigenvalue weighted by molar-refractivity contribution is 4.78. The van der Waals surface area contributed by atoms with Crippen LogP contribution in [0.25, 0.3) is 0 Å². The smallest absolute Gasteiger partial charge is 0.0354 e. The van der Waals surface area contributed by atoms with Gasteiger partial charge in [0.15, 0.2) is 0 Å². The van der Waals surface area contributed by atoms with Crippen molar-refractivity contribution < 1.29 is 0 Å². The average molecular weight is 269 g/mol. The molecule has 0 bridgehead atoms. The molecule has 0 fully saturated rings. The third-order valence-electron chi connectivity index (χ3n) is 4.95. The lowest BCUT2D eigenvalue weighted by Crippen LogP contribution is -2.23. The first-order valence-corrected chi connectivity index (χ1v) is 9.00. The van der Waals surface area contributed by atoms with Crippen LogP contribution in [0.3, 0.4) is 0 Å². The lowest BCUT2D eigenvalue weighted by atomic mass is 9.71. The quantitative estimate of drug-likeness (QED) is 0.350. The van der Waals surface area contributed by atoms with E-state index in [1.54, 1.807) is 0 Å². The van der Waals surface area contributed by atoms with Crippen molar-refractivity contribution >= 4 is 0 Å². The van der Waals surface area contributed by atoms with Gasteiger partial charge in [0.1, 0.15) is 0 Å². The first-order chi connectivity index (χ1) is 9.00. The van der Waals surface area contributed by atoms with Crippen molar-refractivity contribution in [3.05, 3.63) is 0 Å². The van der Waals surface area contributed by atoms with Gasteiger partial charge in [-0.3, -0.25) is 0 Å². The summed E-state index contributed by atoms with van der Waals surface area (Å²) in [5.74, 6) is 1.96. The van der Waals surface area contributed by atoms with E-state index in [0.29, 0.717) is 5.41 Å². The van der Waals surface area contributed by atoms with Gasteiger partial charge in [-0.05, 0) is 23.7 Å². The standard InChI is InChI=1S/C19H40/c1-7-11-14-17(13-9-3)18(15-12-8-2)16-19(5,6)10-4/h17-18H,7-16H2,1-6H3. The molecule has 0 nitrogen and oxygen atoms in total. The lowest BCUT2D eigenvalue weighted by molar-refractivity contribution is 0.170. The van der Waals surface area contributed by atoms with E-state index in [0.717, 1.165) is 11.8 Å². The molecule has 0 saturated heterocycles. The summed E-state index contributed by atoms with van der Waals surface area (Å²) in [7, 11) is 0. The summed E-state index contributed by atoms with van der Waals surface area (Å²) in [5.41, 5.74) is 0.538. The molecule has 0 rings (SSSR count). The summed E-state index contributed by atoms with van der Waals surface area (Å²) >= 11 is 0. The van der Waals surface area contributed by atoms with Crippen LogP contribution in [0.5, 0.6) is 0 Å². The summed E-state index contributed by atoms with van der Waals surface area (Å²) in [6, 6.07) is 0. The van der Waals surface area contributed by atoms with E-state index in [-0.39, 0.29) is 0 Å². The van der Waals surface area contributed by atoms with Crippen molar-refractivity contribution in [2.24, 2.45) is 17.3 Å². The number of hydrogen-bond donors (Lipinski definition) is 0. The molecule has 2 atom stereocenters. The number of rotatable bonds is 12. The Morgan fingerprint density at radius 3 is 1.63 bits per heavy atom. The van der Waals surface area contributed by atoms with E-state index in [9.17, 15) is 0 Å². The van der Waals surface area contributed by atoms with Gasteiger partial charge in [0.25, 0.3) is 0 Å². The van der Waals surface area contributed by atoms with Crippen LogP contribution >= 0.6 is 0 Å². The first-order valence-electron chi connectivity index (χ1n) is 9.00. The maximum atomic E-state index is 2.47. The molecular formula is C19H40. The molecule has 0 N–H and O–H groups in total. The number of unbranched alkanes of at least 4 members (excludes halogenated alkanes) is 2. The van der Waals surface area contributed by atoms with Crippen molar-refractivity contribution in [3.8, 4) is 0 Å². The molecule has 0 aliphatic rings. The molecule has 0 spiro atoms. The number of hydrogen-bond acceptors (Lipinski definition) is 0. The van der Waals surface area contributed by atoms with Crippen LogP contribution in [0, 0.1) is 17.3 Å². The van der Waals surface area contributed by atoms with Crippen LogP contribution in [-0.2, 0) is 0 Å². The van der Waals surface area contributed by atoms with Crippen molar-refractivity contribution in [2.45, 2.75) is 106 Å². The van der Waals surface area contributed by atoms with Gasteiger partial charge in [-0.15, -0.1) is 0 Å². The zero-order chi connectivity index (χ0) is 14.7. The molecule has 116 valence electrons. The summed E-state index contributed by atoms with van der Waals surface area (Å²) < 4.78 is 0. The monoisotopic (exact) mass is 268 g/mol. The second-order valence-electron chi connectivity index (χ2n) is 7.32. The van der Waals surface area contributed by atoms with Gasteiger partial charge in [-0.2, -0.15) is 0 Å². The van der Waals surface area contributed by atoms with Crippen LogP contribution in [0.2, 0.25) is 0 Å². The van der Waals surface area contributed by atoms with Crippen molar-refractivity contribution in [2.75, 3.05) is 0 Å². The van der Waals surface area contributed by atoms with Crippen LogP contribution < -0.4 is 0 Å². The van der Waals surface area contributed by atoms with Gasteiger partial charge in [0.2, 0.25) is 0 Å². The summed E-state index contributed by atoms with van der Waals surface area (Å²) in [6.45, 7) is 14.3. The Balaban J connectivity index is 4.63. The van der Waals surface area contributed by atoms with Crippen LogP contribution in [0.15, 0.2) is 0 Å². The molecule has 0 heteroatoms. The average Bonchev–Trinajstić information content (AvgIpc) is 2.39.